The average Bonchev–Trinajstić information content (AvgIpc) is 3.44. The number of carbonyl (C=O) groups is 4. The third-order valence-corrected chi connectivity index (χ3v) is 7.57. The lowest BCUT2D eigenvalue weighted by Gasteiger charge is -2.27. The molecule has 35 heavy (non-hydrogen) atoms. The monoisotopic (exact) mass is 531 g/mol. The Morgan fingerprint density at radius 3 is 2.06 bits per heavy atom. The highest BCUT2D eigenvalue weighted by molar-refractivity contribution is 9.10. The van der Waals surface area contributed by atoms with Crippen molar-refractivity contribution in [1.82, 2.24) is 0 Å². The van der Waals surface area contributed by atoms with Crippen molar-refractivity contribution < 1.29 is 28.7 Å². The van der Waals surface area contributed by atoms with E-state index < -0.39 is 46.9 Å². The highest BCUT2D eigenvalue weighted by Crippen LogP contribution is 2.58. The number of amides is 2. The Morgan fingerprint density at radius 1 is 0.829 bits per heavy atom. The molecule has 2 fully saturated rings. The van der Waals surface area contributed by atoms with Gasteiger partial charge in [0.05, 0.1) is 30.7 Å². The molecule has 0 aromatic heterocycles. The van der Waals surface area contributed by atoms with Gasteiger partial charge in [-0.05, 0) is 29.8 Å². The molecule has 2 amide bonds. The van der Waals surface area contributed by atoms with Crippen molar-refractivity contribution in [3.05, 3.63) is 94.0 Å². The summed E-state index contributed by atoms with van der Waals surface area (Å²) in [6.45, 7) is 0. The van der Waals surface area contributed by atoms with Crippen molar-refractivity contribution in [2.24, 2.45) is 11.8 Å². The van der Waals surface area contributed by atoms with Gasteiger partial charge in [-0.25, -0.2) is 4.90 Å². The van der Waals surface area contributed by atoms with Crippen LogP contribution in [0.1, 0.15) is 32.4 Å². The molecule has 0 bridgehead atoms. The quantitative estimate of drug-likeness (QED) is 0.372. The molecular formula is C27H18BrNO6. The Kier molecular flexibility index (Phi) is 4.81. The van der Waals surface area contributed by atoms with E-state index in [9.17, 15) is 19.2 Å². The second-order valence-corrected chi connectivity index (χ2v) is 9.63. The van der Waals surface area contributed by atoms with Crippen LogP contribution in [0.15, 0.2) is 77.3 Å². The number of carbonyl (C=O) groups excluding carboxylic acids is 4. The number of nitrogens with zero attached hydrogens (tertiary/aromatic N) is 1. The van der Waals surface area contributed by atoms with Crippen LogP contribution in [0, 0.1) is 11.8 Å². The molecule has 1 aliphatic carbocycles. The first kappa shape index (κ1) is 21.9. The first-order chi connectivity index (χ1) is 16.9. The highest BCUT2D eigenvalue weighted by Gasteiger charge is 2.74. The molecule has 0 saturated carbocycles. The van der Waals surface area contributed by atoms with E-state index in [1.54, 1.807) is 72.8 Å². The van der Waals surface area contributed by atoms with Crippen molar-refractivity contribution in [2.45, 2.75) is 11.7 Å². The Bertz CT molecular complexity index is 1400. The lowest BCUT2D eigenvalue weighted by molar-refractivity contribution is -0.127. The number of methoxy groups -OCH3 is 1. The number of anilines is 1. The Balaban J connectivity index is 1.55. The average molecular weight is 532 g/mol. The van der Waals surface area contributed by atoms with Crippen LogP contribution in [0.5, 0.6) is 5.75 Å². The van der Waals surface area contributed by atoms with Crippen molar-refractivity contribution in [2.75, 3.05) is 12.0 Å². The molecule has 3 aromatic rings. The summed E-state index contributed by atoms with van der Waals surface area (Å²) in [5, 5.41) is 0. The number of ether oxygens (including phenoxy) is 2. The van der Waals surface area contributed by atoms with Gasteiger partial charge in [-0.3, -0.25) is 19.2 Å². The highest BCUT2D eigenvalue weighted by atomic mass is 79.9. The summed E-state index contributed by atoms with van der Waals surface area (Å²) < 4.78 is 12.5. The molecule has 6 rings (SSSR count). The fourth-order valence-electron chi connectivity index (χ4n) is 5.52. The van der Waals surface area contributed by atoms with Gasteiger partial charge in [-0.15, -0.1) is 0 Å². The van der Waals surface area contributed by atoms with Crippen LogP contribution in [0.4, 0.5) is 5.69 Å². The van der Waals surface area contributed by atoms with Gasteiger partial charge in [0.15, 0.2) is 0 Å². The molecule has 3 aromatic carbocycles. The fourth-order valence-corrected chi connectivity index (χ4v) is 5.79. The summed E-state index contributed by atoms with van der Waals surface area (Å²) in [5.41, 5.74) is -0.846. The molecule has 3 unspecified atom stereocenters. The number of imide groups is 1. The zero-order valence-corrected chi connectivity index (χ0v) is 20.0. The maximum atomic E-state index is 14.0. The fraction of sp³-hybridized carbons (Fsp3) is 0.185. The predicted molar refractivity (Wildman–Crippen MR) is 128 cm³/mol. The lowest BCUT2D eigenvalue weighted by atomic mass is 9.77. The zero-order valence-electron chi connectivity index (χ0n) is 18.4. The number of ketones is 2. The van der Waals surface area contributed by atoms with Crippen LogP contribution in [-0.2, 0) is 14.3 Å². The summed E-state index contributed by atoms with van der Waals surface area (Å²) in [7, 11) is 1.45. The van der Waals surface area contributed by atoms with Crippen LogP contribution in [0.25, 0.3) is 0 Å². The van der Waals surface area contributed by atoms with E-state index in [4.69, 9.17) is 9.47 Å². The van der Waals surface area contributed by atoms with Gasteiger partial charge in [-0.2, -0.15) is 0 Å². The Hall–Kier alpha value is -3.62. The van der Waals surface area contributed by atoms with E-state index in [0.717, 1.165) is 9.37 Å². The number of benzene rings is 3. The number of hydrogen-bond acceptors (Lipinski definition) is 6. The molecule has 2 aliphatic heterocycles. The molecule has 0 N–H and O–H groups in total. The Morgan fingerprint density at radius 2 is 1.43 bits per heavy atom. The lowest BCUT2D eigenvalue weighted by Crippen LogP contribution is -2.51. The third-order valence-electron chi connectivity index (χ3n) is 7.04. The van der Waals surface area contributed by atoms with Crippen molar-refractivity contribution in [1.29, 1.82) is 0 Å². The molecular weight excluding hydrogens is 514 g/mol. The summed E-state index contributed by atoms with van der Waals surface area (Å²) in [6.07, 6.45) is -0.966. The zero-order chi connectivity index (χ0) is 24.5. The number of hydrogen-bond donors (Lipinski definition) is 0. The van der Waals surface area contributed by atoms with Gasteiger partial charge in [0.2, 0.25) is 29.0 Å². The molecule has 3 atom stereocenters. The molecule has 174 valence electrons. The van der Waals surface area contributed by atoms with Crippen LogP contribution in [0.3, 0.4) is 0 Å². The first-order valence-electron chi connectivity index (χ1n) is 11.0. The molecule has 3 aliphatic rings. The maximum absolute atomic E-state index is 14.0. The van der Waals surface area contributed by atoms with E-state index in [0.29, 0.717) is 11.3 Å². The van der Waals surface area contributed by atoms with Gasteiger partial charge >= 0.3 is 0 Å². The smallest absolute Gasteiger partial charge is 0.241 e. The predicted octanol–water partition coefficient (Wildman–Crippen LogP) is 4.15. The molecule has 1 spiro atoms. The summed E-state index contributed by atoms with van der Waals surface area (Å²) >= 11 is 3.39. The van der Waals surface area contributed by atoms with Crippen molar-refractivity contribution in [3.8, 4) is 5.75 Å². The SMILES string of the molecule is COc1ccccc1N1C(=O)C2C(c3ccc(Br)cc3)OC3(C(=O)c4ccccc4C3=O)C2C1=O. The van der Waals surface area contributed by atoms with E-state index in [1.165, 1.54) is 7.11 Å². The number of halogens is 1. The minimum Gasteiger partial charge on any atom is -0.495 e. The minimum atomic E-state index is -2.10. The topological polar surface area (TPSA) is 90.0 Å². The molecule has 7 nitrogen and oxygen atoms in total. The third kappa shape index (κ3) is 2.81. The van der Waals surface area contributed by atoms with E-state index in [1.807, 2.05) is 0 Å². The van der Waals surface area contributed by atoms with Gasteiger partial charge < -0.3 is 9.47 Å². The number of fused-ring (bicyclic) bond motifs is 3. The van der Waals surface area contributed by atoms with Crippen LogP contribution in [-0.4, -0.2) is 36.1 Å². The van der Waals surface area contributed by atoms with Crippen molar-refractivity contribution >= 4 is 45.0 Å². The Labute approximate surface area is 208 Å². The standard InChI is InChI=1S/C27H18BrNO6/c1-34-19-9-5-4-8-18(19)29-25(32)20-21(26(29)33)27(35-22(20)14-10-12-15(28)13-11-14)23(30)16-6-2-3-7-17(16)24(27)31/h2-13,20-22H,1H3. The molecule has 2 saturated heterocycles. The van der Waals surface area contributed by atoms with E-state index >= 15 is 0 Å². The van der Waals surface area contributed by atoms with Gasteiger partial charge in [0.1, 0.15) is 5.75 Å². The largest absolute Gasteiger partial charge is 0.495 e. The van der Waals surface area contributed by atoms with Crippen molar-refractivity contribution in [3.63, 3.8) is 0 Å². The molecule has 0 radical (unpaired) electrons. The normalized spacial score (nSPS) is 24.3. The number of rotatable bonds is 3. The van der Waals surface area contributed by atoms with Crippen LogP contribution >= 0.6 is 15.9 Å². The second-order valence-electron chi connectivity index (χ2n) is 8.72. The second kappa shape index (κ2) is 7.69. The summed E-state index contributed by atoms with van der Waals surface area (Å²) in [4.78, 5) is 56.4. The van der Waals surface area contributed by atoms with Gasteiger partial charge in [-0.1, -0.05) is 64.5 Å². The van der Waals surface area contributed by atoms with E-state index in [2.05, 4.69) is 15.9 Å². The molecule has 2 heterocycles. The number of Topliss-reactive ketones (excluding diaryl/α,β-unsaturated/α-hetero) is 2. The summed E-state index contributed by atoms with van der Waals surface area (Å²) in [6, 6.07) is 20.2. The van der Waals surface area contributed by atoms with Gasteiger partial charge in [0, 0.05) is 15.6 Å². The maximum Gasteiger partial charge on any atom is 0.241 e. The molecule has 8 heteroatoms. The van der Waals surface area contributed by atoms with E-state index in [-0.39, 0.29) is 16.8 Å². The van der Waals surface area contributed by atoms with Gasteiger partial charge in [0.25, 0.3) is 0 Å². The summed E-state index contributed by atoms with van der Waals surface area (Å²) in [5.74, 6) is -4.40. The minimum absolute atomic E-state index is 0.198. The van der Waals surface area contributed by atoms with Crippen LogP contribution in [0.2, 0.25) is 0 Å². The first-order valence-corrected chi connectivity index (χ1v) is 11.8. The van der Waals surface area contributed by atoms with Crippen LogP contribution < -0.4 is 9.64 Å². The number of para-hydroxylation sites is 2.